The molecule has 0 spiro atoms. The summed E-state index contributed by atoms with van der Waals surface area (Å²) in [5, 5.41) is 4.32. The van der Waals surface area contributed by atoms with Crippen molar-refractivity contribution in [3.8, 4) is 0 Å². The lowest BCUT2D eigenvalue weighted by Crippen LogP contribution is -2.32. The number of rotatable bonds is 4. The zero-order valence-electron chi connectivity index (χ0n) is 14.8. The molecule has 4 rings (SSSR count). The average molecular weight is 394 g/mol. The Morgan fingerprint density at radius 3 is 2.62 bits per heavy atom. The highest BCUT2D eigenvalue weighted by atomic mass is 32.2. The van der Waals surface area contributed by atoms with Crippen molar-refractivity contribution in [2.75, 3.05) is 24.5 Å². The molecule has 0 unspecified atom stereocenters. The van der Waals surface area contributed by atoms with Gasteiger partial charge in [-0.1, -0.05) is 0 Å². The molecule has 0 atom stereocenters. The molecule has 1 fully saturated rings. The van der Waals surface area contributed by atoms with Gasteiger partial charge < -0.3 is 9.47 Å². The minimum atomic E-state index is -3.37. The van der Waals surface area contributed by atoms with Gasteiger partial charge in [-0.05, 0) is 61.7 Å². The van der Waals surface area contributed by atoms with E-state index in [0.29, 0.717) is 29.4 Å². The number of fused-ring (bicyclic) bond motifs is 1. The molecule has 1 aromatic heterocycles. The Bertz CT molecular complexity index is 973. The van der Waals surface area contributed by atoms with Crippen LogP contribution in [0.15, 0.2) is 29.4 Å². The molecule has 1 aromatic carbocycles. The van der Waals surface area contributed by atoms with Crippen LogP contribution in [0.2, 0.25) is 0 Å². The SMILES string of the molecule is Cn1cnn(CN2CCCc3cc(S(=O)(=O)N4CCCC4)ccc32)c1=S. The molecule has 2 aromatic rings. The summed E-state index contributed by atoms with van der Waals surface area (Å²) in [6.45, 7) is 2.74. The second-order valence-corrected chi connectivity index (χ2v) is 9.24. The second kappa shape index (κ2) is 6.79. The zero-order chi connectivity index (χ0) is 18.3. The summed E-state index contributed by atoms with van der Waals surface area (Å²) in [4.78, 5) is 2.63. The topological polar surface area (TPSA) is 63.4 Å². The lowest BCUT2D eigenvalue weighted by atomic mass is 10.0. The minimum Gasteiger partial charge on any atom is -0.352 e. The first-order valence-electron chi connectivity index (χ1n) is 8.93. The normalized spacial score (nSPS) is 18.3. The van der Waals surface area contributed by atoms with Gasteiger partial charge in [0.05, 0.1) is 4.90 Å². The third-order valence-electron chi connectivity index (χ3n) is 5.16. The Morgan fingerprint density at radius 2 is 1.92 bits per heavy atom. The number of aromatic nitrogens is 3. The molecule has 3 heterocycles. The van der Waals surface area contributed by atoms with E-state index >= 15 is 0 Å². The van der Waals surface area contributed by atoms with Gasteiger partial charge in [-0.15, -0.1) is 0 Å². The van der Waals surface area contributed by atoms with Crippen LogP contribution < -0.4 is 4.90 Å². The van der Waals surface area contributed by atoms with E-state index in [2.05, 4.69) is 10.00 Å². The first kappa shape index (κ1) is 17.7. The molecule has 2 aliphatic rings. The van der Waals surface area contributed by atoms with Crippen LogP contribution >= 0.6 is 12.2 Å². The smallest absolute Gasteiger partial charge is 0.243 e. The van der Waals surface area contributed by atoms with Crippen LogP contribution in [0.5, 0.6) is 0 Å². The zero-order valence-corrected chi connectivity index (χ0v) is 16.5. The van der Waals surface area contributed by atoms with E-state index in [-0.39, 0.29) is 0 Å². The first-order valence-corrected chi connectivity index (χ1v) is 10.8. The predicted molar refractivity (Wildman–Crippen MR) is 102 cm³/mol. The number of benzene rings is 1. The van der Waals surface area contributed by atoms with Crippen molar-refractivity contribution in [1.82, 2.24) is 18.7 Å². The fourth-order valence-electron chi connectivity index (χ4n) is 3.72. The van der Waals surface area contributed by atoms with E-state index in [9.17, 15) is 8.42 Å². The summed E-state index contributed by atoms with van der Waals surface area (Å²) in [6, 6.07) is 5.53. The predicted octanol–water partition coefficient (Wildman–Crippen LogP) is 2.15. The van der Waals surface area contributed by atoms with Crippen molar-refractivity contribution in [3.63, 3.8) is 0 Å². The molecular weight excluding hydrogens is 370 g/mol. The minimum absolute atomic E-state index is 0.412. The van der Waals surface area contributed by atoms with Gasteiger partial charge >= 0.3 is 0 Å². The standard InChI is InChI=1S/C17H23N5O2S2/c1-19-12-18-22(17(19)25)13-20-8-4-5-14-11-15(6-7-16(14)20)26(23,24)21-9-2-3-10-21/h6-7,11-12H,2-5,8-10,13H2,1H3. The van der Waals surface area contributed by atoms with E-state index in [1.165, 1.54) is 0 Å². The molecule has 140 valence electrons. The highest BCUT2D eigenvalue weighted by Gasteiger charge is 2.28. The fraction of sp³-hybridized carbons (Fsp3) is 0.529. The Balaban J connectivity index is 1.63. The molecule has 0 saturated carbocycles. The lowest BCUT2D eigenvalue weighted by molar-refractivity contribution is 0.477. The van der Waals surface area contributed by atoms with Crippen LogP contribution in [-0.4, -0.2) is 46.7 Å². The summed E-state index contributed by atoms with van der Waals surface area (Å²) >= 11 is 5.38. The molecule has 0 aliphatic carbocycles. The Hall–Kier alpha value is -1.71. The number of hydrogen-bond acceptors (Lipinski definition) is 5. The van der Waals surface area contributed by atoms with Gasteiger partial charge in [-0.25, -0.2) is 13.1 Å². The fourth-order valence-corrected chi connectivity index (χ4v) is 5.44. The lowest BCUT2D eigenvalue weighted by Gasteiger charge is -2.31. The third kappa shape index (κ3) is 3.08. The van der Waals surface area contributed by atoms with Crippen LogP contribution in [-0.2, 0) is 30.2 Å². The van der Waals surface area contributed by atoms with Crippen LogP contribution in [0.1, 0.15) is 24.8 Å². The molecule has 9 heteroatoms. The van der Waals surface area contributed by atoms with Crippen LogP contribution in [0.3, 0.4) is 0 Å². The average Bonchev–Trinajstić information content (AvgIpc) is 3.28. The second-order valence-electron chi connectivity index (χ2n) is 6.93. The highest BCUT2D eigenvalue weighted by Crippen LogP contribution is 2.31. The number of sulfonamides is 1. The van der Waals surface area contributed by atoms with Gasteiger partial charge in [0.25, 0.3) is 0 Å². The Kier molecular flexibility index (Phi) is 4.62. The molecule has 1 saturated heterocycles. The van der Waals surface area contributed by atoms with E-state index < -0.39 is 10.0 Å². The Morgan fingerprint density at radius 1 is 1.15 bits per heavy atom. The van der Waals surface area contributed by atoms with Gasteiger partial charge in [0.2, 0.25) is 10.0 Å². The Labute approximate surface area is 158 Å². The van der Waals surface area contributed by atoms with E-state index in [0.717, 1.165) is 43.5 Å². The van der Waals surface area contributed by atoms with Gasteiger partial charge in [0.15, 0.2) is 4.77 Å². The monoisotopic (exact) mass is 393 g/mol. The van der Waals surface area contributed by atoms with Crippen LogP contribution in [0.4, 0.5) is 5.69 Å². The quantitative estimate of drug-likeness (QED) is 0.745. The third-order valence-corrected chi connectivity index (χ3v) is 7.55. The molecule has 0 bridgehead atoms. The number of anilines is 1. The van der Waals surface area contributed by atoms with Gasteiger partial charge in [-0.3, -0.25) is 0 Å². The van der Waals surface area contributed by atoms with Crippen LogP contribution in [0, 0.1) is 4.77 Å². The van der Waals surface area contributed by atoms with Gasteiger partial charge in [-0.2, -0.15) is 9.40 Å². The summed E-state index contributed by atoms with van der Waals surface area (Å²) in [6.07, 6.45) is 5.48. The summed E-state index contributed by atoms with van der Waals surface area (Å²) in [5.74, 6) is 0. The number of nitrogens with zero attached hydrogens (tertiary/aromatic N) is 5. The first-order chi connectivity index (χ1) is 12.5. The van der Waals surface area contributed by atoms with E-state index in [4.69, 9.17) is 12.2 Å². The van der Waals surface area contributed by atoms with E-state index in [1.54, 1.807) is 21.4 Å². The summed E-state index contributed by atoms with van der Waals surface area (Å²) < 4.78 is 31.5. The summed E-state index contributed by atoms with van der Waals surface area (Å²) in [7, 11) is -1.49. The molecule has 0 radical (unpaired) electrons. The maximum atomic E-state index is 12.8. The molecule has 0 N–H and O–H groups in total. The molecule has 2 aliphatic heterocycles. The molecule has 7 nitrogen and oxygen atoms in total. The van der Waals surface area contributed by atoms with Gasteiger partial charge in [0, 0.05) is 32.4 Å². The van der Waals surface area contributed by atoms with Crippen molar-refractivity contribution >= 4 is 27.9 Å². The maximum Gasteiger partial charge on any atom is 0.243 e. The van der Waals surface area contributed by atoms with Crippen molar-refractivity contribution in [1.29, 1.82) is 0 Å². The maximum absolute atomic E-state index is 12.8. The van der Waals surface area contributed by atoms with Crippen molar-refractivity contribution in [2.24, 2.45) is 7.05 Å². The number of aryl methyl sites for hydroxylation is 2. The van der Waals surface area contributed by atoms with E-state index in [1.807, 2.05) is 23.7 Å². The largest absolute Gasteiger partial charge is 0.352 e. The number of hydrogen-bond donors (Lipinski definition) is 0. The van der Waals surface area contributed by atoms with Crippen molar-refractivity contribution in [2.45, 2.75) is 37.2 Å². The van der Waals surface area contributed by atoms with Crippen molar-refractivity contribution in [3.05, 3.63) is 34.9 Å². The highest BCUT2D eigenvalue weighted by molar-refractivity contribution is 7.89. The summed E-state index contributed by atoms with van der Waals surface area (Å²) in [5.41, 5.74) is 2.16. The van der Waals surface area contributed by atoms with Crippen molar-refractivity contribution < 1.29 is 8.42 Å². The molecular formula is C17H23N5O2S2. The van der Waals surface area contributed by atoms with Gasteiger partial charge in [0.1, 0.15) is 13.0 Å². The van der Waals surface area contributed by atoms with Crippen LogP contribution in [0.25, 0.3) is 0 Å². The molecule has 0 amide bonds. The molecule has 26 heavy (non-hydrogen) atoms.